The van der Waals surface area contributed by atoms with Gasteiger partial charge < -0.3 is 5.73 Å². The van der Waals surface area contributed by atoms with Crippen LogP contribution in [0, 0.1) is 0 Å². The highest BCUT2D eigenvalue weighted by molar-refractivity contribution is 6.30. The number of pyridine rings is 1. The zero-order valence-corrected chi connectivity index (χ0v) is 8.42. The van der Waals surface area contributed by atoms with Gasteiger partial charge in [0.1, 0.15) is 11.5 Å². The van der Waals surface area contributed by atoms with Crippen molar-refractivity contribution in [3.05, 3.63) is 29.0 Å². The predicted molar refractivity (Wildman–Crippen MR) is 55.1 cm³/mol. The Morgan fingerprint density at radius 3 is 2.69 bits per heavy atom. The molecule has 0 unspecified atom stereocenters. The number of hydrogen-bond donors (Lipinski definition) is 1. The molecular weight excluding hydrogens is 186 g/mol. The third kappa shape index (κ3) is 3.03. The van der Waals surface area contributed by atoms with Crippen LogP contribution in [0.3, 0.4) is 0 Å². The Labute approximate surface area is 82.6 Å². The molecule has 0 aromatic carbocycles. The molecule has 0 aliphatic carbocycles. The van der Waals surface area contributed by atoms with Gasteiger partial charge in [-0.3, -0.25) is 9.98 Å². The maximum absolute atomic E-state index is 5.69. The zero-order chi connectivity index (χ0) is 9.84. The van der Waals surface area contributed by atoms with Crippen LogP contribution in [-0.4, -0.2) is 16.9 Å². The highest BCUT2D eigenvalue weighted by atomic mass is 35.5. The van der Waals surface area contributed by atoms with E-state index in [1.165, 1.54) is 0 Å². The topological polar surface area (TPSA) is 51.3 Å². The quantitative estimate of drug-likeness (QED) is 0.581. The summed E-state index contributed by atoms with van der Waals surface area (Å²) in [6.07, 6.45) is 1.56. The maximum Gasteiger partial charge on any atom is 0.144 e. The summed E-state index contributed by atoms with van der Waals surface area (Å²) in [5.74, 6) is 0.451. The standard InChI is InChI=1S/C9H12ClN3/c1-6(2)13-9(11)8-4-3-7(10)5-12-8/h3-6H,1-2H3,(H2,11,13). The van der Waals surface area contributed by atoms with Gasteiger partial charge in [-0.05, 0) is 26.0 Å². The van der Waals surface area contributed by atoms with Gasteiger partial charge in [0.05, 0.1) is 5.02 Å². The number of rotatable bonds is 2. The number of nitrogens with zero attached hydrogens (tertiary/aromatic N) is 2. The molecule has 0 saturated carbocycles. The molecule has 0 radical (unpaired) electrons. The summed E-state index contributed by atoms with van der Waals surface area (Å²) in [4.78, 5) is 8.21. The predicted octanol–water partition coefficient (Wildman–Crippen LogP) is 1.85. The minimum Gasteiger partial charge on any atom is -0.382 e. The van der Waals surface area contributed by atoms with E-state index in [9.17, 15) is 0 Å². The van der Waals surface area contributed by atoms with Crippen molar-refractivity contribution in [3.8, 4) is 0 Å². The Morgan fingerprint density at radius 2 is 2.23 bits per heavy atom. The molecule has 0 aliphatic rings. The first kappa shape index (κ1) is 9.99. The highest BCUT2D eigenvalue weighted by Gasteiger charge is 2.00. The Morgan fingerprint density at radius 1 is 1.54 bits per heavy atom. The van der Waals surface area contributed by atoms with Gasteiger partial charge in [-0.1, -0.05) is 11.6 Å². The second-order valence-corrected chi connectivity index (χ2v) is 3.41. The average molecular weight is 198 g/mol. The first-order chi connectivity index (χ1) is 6.09. The van der Waals surface area contributed by atoms with Crippen LogP contribution < -0.4 is 5.73 Å². The molecule has 2 N–H and O–H groups in total. The Hall–Kier alpha value is -1.09. The van der Waals surface area contributed by atoms with Crippen molar-refractivity contribution in [1.82, 2.24) is 4.98 Å². The number of nitrogens with two attached hydrogens (primary N) is 1. The number of aliphatic imine (C=N–C) groups is 1. The van der Waals surface area contributed by atoms with Gasteiger partial charge in [0.2, 0.25) is 0 Å². The molecule has 0 spiro atoms. The fourth-order valence-electron chi connectivity index (χ4n) is 0.872. The second-order valence-electron chi connectivity index (χ2n) is 2.97. The lowest BCUT2D eigenvalue weighted by molar-refractivity contribution is 0.833. The largest absolute Gasteiger partial charge is 0.382 e. The molecule has 0 fully saturated rings. The van der Waals surface area contributed by atoms with Gasteiger partial charge in [-0.15, -0.1) is 0 Å². The van der Waals surface area contributed by atoms with Crippen LogP contribution in [0.15, 0.2) is 23.3 Å². The van der Waals surface area contributed by atoms with Crippen molar-refractivity contribution < 1.29 is 0 Å². The van der Waals surface area contributed by atoms with Crippen molar-refractivity contribution in [2.75, 3.05) is 0 Å². The third-order valence-electron chi connectivity index (χ3n) is 1.39. The van der Waals surface area contributed by atoms with E-state index in [1.54, 1.807) is 18.3 Å². The number of amidine groups is 1. The van der Waals surface area contributed by atoms with E-state index in [0.717, 1.165) is 0 Å². The monoisotopic (exact) mass is 197 g/mol. The molecular formula is C9H12ClN3. The molecule has 1 heterocycles. The van der Waals surface area contributed by atoms with E-state index >= 15 is 0 Å². The summed E-state index contributed by atoms with van der Waals surface area (Å²) in [6, 6.07) is 3.67. The summed E-state index contributed by atoms with van der Waals surface area (Å²) in [7, 11) is 0. The lowest BCUT2D eigenvalue weighted by Crippen LogP contribution is -2.17. The zero-order valence-electron chi connectivity index (χ0n) is 7.66. The van der Waals surface area contributed by atoms with Crippen molar-refractivity contribution in [1.29, 1.82) is 0 Å². The molecule has 1 aromatic heterocycles. The van der Waals surface area contributed by atoms with Crippen LogP contribution in [0.1, 0.15) is 19.5 Å². The van der Waals surface area contributed by atoms with Gasteiger partial charge in [0.25, 0.3) is 0 Å². The lowest BCUT2D eigenvalue weighted by atomic mass is 10.3. The smallest absolute Gasteiger partial charge is 0.144 e. The molecule has 0 atom stereocenters. The first-order valence-electron chi connectivity index (χ1n) is 4.05. The Bertz CT molecular complexity index is 303. The van der Waals surface area contributed by atoms with Crippen LogP contribution in [0.4, 0.5) is 0 Å². The molecule has 0 aliphatic heterocycles. The molecule has 0 bridgehead atoms. The molecule has 1 rings (SSSR count). The number of hydrogen-bond acceptors (Lipinski definition) is 2. The molecule has 13 heavy (non-hydrogen) atoms. The number of aromatic nitrogens is 1. The van der Waals surface area contributed by atoms with Crippen molar-refractivity contribution in [3.63, 3.8) is 0 Å². The minimum atomic E-state index is 0.178. The van der Waals surface area contributed by atoms with E-state index in [-0.39, 0.29) is 6.04 Å². The van der Waals surface area contributed by atoms with Crippen LogP contribution >= 0.6 is 11.6 Å². The highest BCUT2D eigenvalue weighted by Crippen LogP contribution is 2.06. The molecule has 4 heteroatoms. The maximum atomic E-state index is 5.69. The van der Waals surface area contributed by atoms with E-state index in [2.05, 4.69) is 9.98 Å². The molecule has 0 amide bonds. The summed E-state index contributed by atoms with van der Waals surface area (Å²) >= 11 is 5.68. The van der Waals surface area contributed by atoms with Gasteiger partial charge in [-0.2, -0.15) is 0 Å². The lowest BCUT2D eigenvalue weighted by Gasteiger charge is -2.01. The van der Waals surface area contributed by atoms with Gasteiger partial charge in [0, 0.05) is 12.2 Å². The van der Waals surface area contributed by atoms with E-state index in [1.807, 2.05) is 13.8 Å². The fourth-order valence-corrected chi connectivity index (χ4v) is 0.983. The average Bonchev–Trinajstić information content (AvgIpc) is 2.04. The van der Waals surface area contributed by atoms with Crippen LogP contribution in [-0.2, 0) is 0 Å². The van der Waals surface area contributed by atoms with Crippen molar-refractivity contribution in [2.45, 2.75) is 19.9 Å². The molecule has 0 saturated heterocycles. The van der Waals surface area contributed by atoms with E-state index in [0.29, 0.717) is 16.6 Å². The molecule has 70 valence electrons. The Kier molecular flexibility index (Phi) is 3.25. The Balaban J connectivity index is 2.89. The van der Waals surface area contributed by atoms with Gasteiger partial charge in [-0.25, -0.2) is 0 Å². The van der Waals surface area contributed by atoms with Crippen molar-refractivity contribution >= 4 is 17.4 Å². The van der Waals surface area contributed by atoms with E-state index < -0.39 is 0 Å². The summed E-state index contributed by atoms with van der Waals surface area (Å²) in [5, 5.41) is 0.598. The van der Waals surface area contributed by atoms with Crippen LogP contribution in [0.2, 0.25) is 5.02 Å². The second kappa shape index (κ2) is 4.23. The SMILES string of the molecule is CC(C)N=C(N)c1ccc(Cl)cn1. The molecule has 1 aromatic rings. The summed E-state index contributed by atoms with van der Waals surface area (Å²) < 4.78 is 0. The molecule has 3 nitrogen and oxygen atoms in total. The summed E-state index contributed by atoms with van der Waals surface area (Å²) in [5.41, 5.74) is 6.36. The minimum absolute atomic E-state index is 0.178. The van der Waals surface area contributed by atoms with Crippen LogP contribution in [0.25, 0.3) is 0 Å². The van der Waals surface area contributed by atoms with E-state index in [4.69, 9.17) is 17.3 Å². The van der Waals surface area contributed by atoms with Crippen molar-refractivity contribution in [2.24, 2.45) is 10.7 Å². The van der Waals surface area contributed by atoms with Gasteiger partial charge in [0.15, 0.2) is 0 Å². The normalized spacial score (nSPS) is 12.2. The van der Waals surface area contributed by atoms with Crippen LogP contribution in [0.5, 0.6) is 0 Å². The summed E-state index contributed by atoms with van der Waals surface area (Å²) in [6.45, 7) is 3.92. The first-order valence-corrected chi connectivity index (χ1v) is 4.42. The fraction of sp³-hybridized carbons (Fsp3) is 0.333. The third-order valence-corrected chi connectivity index (χ3v) is 1.61. The van der Waals surface area contributed by atoms with Gasteiger partial charge >= 0.3 is 0 Å². The number of halogens is 1.